The summed E-state index contributed by atoms with van der Waals surface area (Å²) in [6.45, 7) is 2.62. The zero-order valence-corrected chi connectivity index (χ0v) is 12.8. The maximum absolute atomic E-state index is 6.14. The minimum absolute atomic E-state index is 0.484. The van der Waals surface area contributed by atoms with Gasteiger partial charge in [0.2, 0.25) is 5.90 Å². The highest BCUT2D eigenvalue weighted by Crippen LogP contribution is 2.28. The Hall–Kier alpha value is -1.52. The normalized spacial score (nSPS) is 11.7. The van der Waals surface area contributed by atoms with Gasteiger partial charge < -0.3 is 9.30 Å². The Labute approximate surface area is 128 Å². The van der Waals surface area contributed by atoms with Crippen molar-refractivity contribution < 1.29 is 4.74 Å². The van der Waals surface area contributed by atoms with Gasteiger partial charge in [-0.25, -0.2) is 9.98 Å². The number of aliphatic imine (C=N–C) groups is 1. The van der Waals surface area contributed by atoms with Gasteiger partial charge in [-0.2, -0.15) is 0 Å². The topological polar surface area (TPSA) is 39.4 Å². The minimum atomic E-state index is 0.484. The summed E-state index contributed by atoms with van der Waals surface area (Å²) in [7, 11) is 1.89. The summed E-state index contributed by atoms with van der Waals surface area (Å²) < 4.78 is 7.55. The summed E-state index contributed by atoms with van der Waals surface area (Å²) in [5.41, 5.74) is 1.41. The van der Waals surface area contributed by atoms with Crippen molar-refractivity contribution in [2.75, 3.05) is 6.61 Å². The van der Waals surface area contributed by atoms with E-state index in [-0.39, 0.29) is 0 Å². The molecule has 0 saturated heterocycles. The lowest BCUT2D eigenvalue weighted by atomic mass is 10.3. The number of halogens is 2. The fourth-order valence-electron chi connectivity index (χ4n) is 1.61. The van der Waals surface area contributed by atoms with E-state index in [9.17, 15) is 0 Å². The van der Waals surface area contributed by atoms with Gasteiger partial charge in [0.1, 0.15) is 5.69 Å². The summed E-state index contributed by atoms with van der Waals surface area (Å²) in [6, 6.07) is 5.16. The van der Waals surface area contributed by atoms with Crippen LogP contribution in [0.1, 0.15) is 19.0 Å². The molecular formula is C14H15Cl2N3O. The average Bonchev–Trinajstić information content (AvgIpc) is 2.83. The zero-order chi connectivity index (χ0) is 14.5. The number of aromatic nitrogens is 2. The van der Waals surface area contributed by atoms with Crippen molar-refractivity contribution in [2.24, 2.45) is 12.0 Å². The van der Waals surface area contributed by atoms with Gasteiger partial charge in [-0.3, -0.25) is 0 Å². The molecule has 0 fully saturated rings. The SMILES string of the molecule is CCCOC(=Nc1ccc(Cl)cc1Cl)c1cncn1C. The van der Waals surface area contributed by atoms with Gasteiger partial charge in [0.25, 0.3) is 0 Å². The third kappa shape index (κ3) is 3.52. The van der Waals surface area contributed by atoms with Gasteiger partial charge in [-0.1, -0.05) is 30.1 Å². The molecule has 4 nitrogen and oxygen atoms in total. The molecule has 0 amide bonds. The molecule has 0 aliphatic heterocycles. The molecule has 20 heavy (non-hydrogen) atoms. The molecular weight excluding hydrogens is 297 g/mol. The maximum atomic E-state index is 6.14. The number of ether oxygens (including phenoxy) is 1. The second-order valence-corrected chi connectivity index (χ2v) is 5.09. The molecule has 0 bridgehead atoms. The van der Waals surface area contributed by atoms with Crippen LogP contribution in [0.2, 0.25) is 10.0 Å². The monoisotopic (exact) mass is 311 g/mol. The van der Waals surface area contributed by atoms with E-state index in [1.807, 2.05) is 18.5 Å². The smallest absolute Gasteiger partial charge is 0.240 e. The van der Waals surface area contributed by atoms with Crippen LogP contribution >= 0.6 is 23.2 Å². The molecule has 0 atom stereocenters. The van der Waals surface area contributed by atoms with Crippen molar-refractivity contribution in [2.45, 2.75) is 13.3 Å². The van der Waals surface area contributed by atoms with E-state index in [4.69, 9.17) is 27.9 Å². The number of hydrogen-bond donors (Lipinski definition) is 0. The molecule has 0 aliphatic carbocycles. The van der Waals surface area contributed by atoms with Gasteiger partial charge in [0, 0.05) is 12.1 Å². The third-order valence-electron chi connectivity index (χ3n) is 2.61. The molecule has 0 spiro atoms. The highest BCUT2D eigenvalue weighted by Gasteiger charge is 2.11. The van der Waals surface area contributed by atoms with Crippen molar-refractivity contribution in [1.29, 1.82) is 0 Å². The van der Waals surface area contributed by atoms with E-state index in [1.54, 1.807) is 30.7 Å². The molecule has 0 aliphatic rings. The molecule has 0 saturated carbocycles. The summed E-state index contributed by atoms with van der Waals surface area (Å²) in [5.74, 6) is 0.496. The molecule has 0 N–H and O–H groups in total. The van der Waals surface area contributed by atoms with Crippen molar-refractivity contribution in [1.82, 2.24) is 9.55 Å². The van der Waals surface area contributed by atoms with Crippen LogP contribution in [0.3, 0.4) is 0 Å². The predicted molar refractivity (Wildman–Crippen MR) is 82.1 cm³/mol. The van der Waals surface area contributed by atoms with Crippen LogP contribution in [0.5, 0.6) is 0 Å². The van der Waals surface area contributed by atoms with Crippen LogP contribution in [0, 0.1) is 0 Å². The summed E-state index contributed by atoms with van der Waals surface area (Å²) in [5, 5.41) is 1.06. The second-order valence-electron chi connectivity index (χ2n) is 4.25. The fourth-order valence-corrected chi connectivity index (χ4v) is 2.06. The van der Waals surface area contributed by atoms with Gasteiger partial charge >= 0.3 is 0 Å². The Bertz CT molecular complexity index is 623. The van der Waals surface area contributed by atoms with Crippen LogP contribution in [0.25, 0.3) is 0 Å². The molecule has 2 aromatic rings. The summed E-state index contributed by atoms with van der Waals surface area (Å²) in [6.07, 6.45) is 4.30. The molecule has 2 rings (SSSR count). The molecule has 0 radical (unpaired) electrons. The molecule has 6 heteroatoms. The number of rotatable bonds is 4. The first-order valence-electron chi connectivity index (χ1n) is 6.25. The van der Waals surface area contributed by atoms with Crippen molar-refractivity contribution in [3.63, 3.8) is 0 Å². The van der Waals surface area contributed by atoms with E-state index in [2.05, 4.69) is 9.98 Å². The second kappa shape index (κ2) is 6.77. The first-order chi connectivity index (χ1) is 9.61. The first kappa shape index (κ1) is 14.9. The standard InChI is InChI=1S/C14H15Cl2N3O/c1-3-6-20-14(13-8-17-9-19(13)2)18-12-5-4-10(15)7-11(12)16/h4-5,7-9H,3,6H2,1-2H3. The Morgan fingerprint density at radius 1 is 1.40 bits per heavy atom. The van der Waals surface area contributed by atoms with E-state index in [0.29, 0.717) is 28.2 Å². The minimum Gasteiger partial charge on any atom is -0.476 e. The van der Waals surface area contributed by atoms with Crippen LogP contribution in [0.15, 0.2) is 35.7 Å². The molecule has 0 unspecified atom stereocenters. The largest absolute Gasteiger partial charge is 0.476 e. The van der Waals surface area contributed by atoms with Crippen molar-refractivity contribution in [3.8, 4) is 0 Å². The highest BCUT2D eigenvalue weighted by atomic mass is 35.5. The highest BCUT2D eigenvalue weighted by molar-refractivity contribution is 6.36. The van der Waals surface area contributed by atoms with Crippen LogP contribution in [-0.4, -0.2) is 22.1 Å². The lowest BCUT2D eigenvalue weighted by Gasteiger charge is -2.09. The number of benzene rings is 1. The van der Waals surface area contributed by atoms with E-state index in [1.165, 1.54) is 0 Å². The molecule has 1 heterocycles. The van der Waals surface area contributed by atoms with Crippen molar-refractivity contribution in [3.05, 3.63) is 46.5 Å². The number of aryl methyl sites for hydroxylation is 1. The zero-order valence-electron chi connectivity index (χ0n) is 11.3. The number of hydrogen-bond acceptors (Lipinski definition) is 3. The summed E-state index contributed by atoms with van der Waals surface area (Å²) >= 11 is 12.0. The molecule has 106 valence electrons. The molecule has 1 aromatic heterocycles. The number of nitrogens with zero attached hydrogens (tertiary/aromatic N) is 3. The first-order valence-corrected chi connectivity index (χ1v) is 7.00. The Balaban J connectivity index is 2.40. The van der Waals surface area contributed by atoms with E-state index >= 15 is 0 Å². The van der Waals surface area contributed by atoms with Gasteiger partial charge in [-0.05, 0) is 24.6 Å². The lowest BCUT2D eigenvalue weighted by Crippen LogP contribution is -2.11. The Morgan fingerprint density at radius 2 is 2.20 bits per heavy atom. The van der Waals surface area contributed by atoms with Gasteiger partial charge in [0.15, 0.2) is 0 Å². The van der Waals surface area contributed by atoms with Crippen LogP contribution in [-0.2, 0) is 11.8 Å². The van der Waals surface area contributed by atoms with Crippen LogP contribution in [0.4, 0.5) is 5.69 Å². The maximum Gasteiger partial charge on any atom is 0.240 e. The van der Waals surface area contributed by atoms with Gasteiger partial charge in [-0.15, -0.1) is 0 Å². The number of imidazole rings is 1. The quantitative estimate of drug-likeness (QED) is 0.626. The van der Waals surface area contributed by atoms with Crippen molar-refractivity contribution >= 4 is 34.8 Å². The molecule has 1 aromatic carbocycles. The van der Waals surface area contributed by atoms with E-state index < -0.39 is 0 Å². The van der Waals surface area contributed by atoms with E-state index in [0.717, 1.165) is 12.1 Å². The lowest BCUT2D eigenvalue weighted by molar-refractivity contribution is 0.304. The Morgan fingerprint density at radius 3 is 2.80 bits per heavy atom. The summed E-state index contributed by atoms with van der Waals surface area (Å²) in [4.78, 5) is 8.56. The third-order valence-corrected chi connectivity index (χ3v) is 3.15. The fraction of sp³-hybridized carbons (Fsp3) is 0.286. The van der Waals surface area contributed by atoms with Gasteiger partial charge in [0.05, 0.1) is 29.8 Å². The predicted octanol–water partition coefficient (Wildman–Crippen LogP) is 4.23. The van der Waals surface area contributed by atoms with Crippen LogP contribution < -0.4 is 0 Å². The Kier molecular flexibility index (Phi) is 5.04. The average molecular weight is 312 g/mol.